The van der Waals surface area contributed by atoms with E-state index in [0.717, 1.165) is 15.8 Å². The molecule has 152 valence electrons. The lowest BCUT2D eigenvalue weighted by Gasteiger charge is -2.27. The highest BCUT2D eigenvalue weighted by atomic mass is 79.9. The van der Waals surface area contributed by atoms with Gasteiger partial charge in [-0.15, -0.1) is 0 Å². The molecule has 0 saturated heterocycles. The van der Waals surface area contributed by atoms with Gasteiger partial charge in [0.05, 0.1) is 5.57 Å². The number of aromatic nitrogens is 1. The molecule has 7 heteroatoms. The molecule has 2 heterocycles. The van der Waals surface area contributed by atoms with Crippen molar-refractivity contribution in [2.24, 2.45) is 4.99 Å². The van der Waals surface area contributed by atoms with Crippen molar-refractivity contribution >= 4 is 28.1 Å². The van der Waals surface area contributed by atoms with Crippen LogP contribution in [0.4, 0.5) is 0 Å². The summed E-state index contributed by atoms with van der Waals surface area (Å²) in [6.45, 7) is 1.86. The number of rotatable bonds is 6. The first kappa shape index (κ1) is 20.1. The van der Waals surface area contributed by atoms with Gasteiger partial charge in [-0.3, -0.25) is 0 Å². The van der Waals surface area contributed by atoms with Gasteiger partial charge in [0.25, 0.3) is 0 Å². The number of hydrogen-bond acceptors (Lipinski definition) is 6. The Balaban J connectivity index is 1.33. The highest BCUT2D eigenvalue weighted by molar-refractivity contribution is 9.10. The fourth-order valence-electron chi connectivity index (χ4n) is 2.94. The Morgan fingerprint density at radius 2 is 2.00 bits per heavy atom. The molecule has 3 aromatic rings. The van der Waals surface area contributed by atoms with Crippen LogP contribution in [-0.4, -0.2) is 23.1 Å². The van der Waals surface area contributed by atoms with Gasteiger partial charge in [0.2, 0.25) is 5.72 Å². The molecule has 0 saturated carbocycles. The molecule has 1 unspecified atom stereocenters. The first-order valence-electron chi connectivity index (χ1n) is 9.39. The van der Waals surface area contributed by atoms with Gasteiger partial charge in [0, 0.05) is 28.7 Å². The summed E-state index contributed by atoms with van der Waals surface area (Å²) in [4.78, 5) is 16.8. The molecule has 4 rings (SSSR count). The molecule has 1 atom stereocenters. The summed E-state index contributed by atoms with van der Waals surface area (Å²) < 4.78 is 17.5. The Bertz CT molecular complexity index is 1110. The molecule has 1 aliphatic heterocycles. The van der Waals surface area contributed by atoms with E-state index in [9.17, 15) is 4.79 Å². The third-order valence-electron chi connectivity index (χ3n) is 4.52. The van der Waals surface area contributed by atoms with E-state index in [1.807, 2.05) is 61.5 Å². The summed E-state index contributed by atoms with van der Waals surface area (Å²) in [5.74, 6) is 0.716. The minimum absolute atomic E-state index is 0.0111. The van der Waals surface area contributed by atoms with Gasteiger partial charge >= 0.3 is 5.97 Å². The van der Waals surface area contributed by atoms with E-state index < -0.39 is 11.7 Å². The number of halogens is 1. The Hall–Kier alpha value is -3.19. The Labute approximate surface area is 182 Å². The molecular formula is C23H19BrN2O4. The zero-order chi connectivity index (χ0) is 21.0. The lowest BCUT2D eigenvalue weighted by molar-refractivity contribution is -0.140. The van der Waals surface area contributed by atoms with E-state index in [1.54, 1.807) is 12.1 Å². The molecular weight excluding hydrogens is 448 g/mol. The average Bonchev–Trinajstić information content (AvgIpc) is 3.22. The van der Waals surface area contributed by atoms with E-state index in [0.29, 0.717) is 23.4 Å². The normalized spacial score (nSPS) is 18.0. The van der Waals surface area contributed by atoms with Crippen LogP contribution in [0.2, 0.25) is 0 Å². The van der Waals surface area contributed by atoms with Gasteiger partial charge in [0.1, 0.15) is 11.4 Å². The van der Waals surface area contributed by atoms with Gasteiger partial charge in [0.15, 0.2) is 12.4 Å². The molecule has 0 N–H and O–H groups in total. The van der Waals surface area contributed by atoms with Gasteiger partial charge < -0.3 is 14.0 Å². The highest BCUT2D eigenvalue weighted by Crippen LogP contribution is 2.26. The Kier molecular flexibility index (Phi) is 5.81. The van der Waals surface area contributed by atoms with Crippen molar-refractivity contribution in [3.05, 3.63) is 82.5 Å². The van der Waals surface area contributed by atoms with Crippen LogP contribution in [0.25, 0.3) is 11.3 Å². The zero-order valence-electron chi connectivity index (χ0n) is 16.2. The van der Waals surface area contributed by atoms with Crippen LogP contribution in [0.3, 0.4) is 0 Å². The minimum atomic E-state index is -0.755. The second-order valence-electron chi connectivity index (χ2n) is 6.98. The molecule has 2 aromatic carbocycles. The number of carbonyl (C=O) groups is 1. The van der Waals surface area contributed by atoms with Crippen molar-refractivity contribution in [1.29, 1.82) is 0 Å². The van der Waals surface area contributed by atoms with Crippen molar-refractivity contribution < 1.29 is 18.8 Å². The average molecular weight is 467 g/mol. The summed E-state index contributed by atoms with van der Waals surface area (Å²) in [6.07, 6.45) is 3.71. The fraction of sp³-hybridized carbons (Fsp3) is 0.174. The van der Waals surface area contributed by atoms with E-state index >= 15 is 0 Å². The molecule has 30 heavy (non-hydrogen) atoms. The lowest BCUT2D eigenvalue weighted by atomic mass is 10.1. The predicted molar refractivity (Wildman–Crippen MR) is 116 cm³/mol. The number of dihydropyridines is 1. The van der Waals surface area contributed by atoms with Crippen molar-refractivity contribution in [2.75, 3.05) is 0 Å². The summed E-state index contributed by atoms with van der Waals surface area (Å²) in [5, 5.41) is 4.03. The van der Waals surface area contributed by atoms with Crippen molar-refractivity contribution in [3.63, 3.8) is 0 Å². The van der Waals surface area contributed by atoms with Crippen LogP contribution in [-0.2, 0) is 16.1 Å². The molecule has 0 aliphatic carbocycles. The van der Waals surface area contributed by atoms with Crippen LogP contribution in [0.15, 0.2) is 86.3 Å². The number of benzene rings is 2. The van der Waals surface area contributed by atoms with Crippen LogP contribution in [0.1, 0.15) is 19.1 Å². The molecule has 0 fully saturated rings. The fourth-order valence-corrected chi connectivity index (χ4v) is 3.34. The third kappa shape index (κ3) is 4.86. The zero-order valence-corrected chi connectivity index (χ0v) is 17.8. The summed E-state index contributed by atoms with van der Waals surface area (Å²) in [6, 6.07) is 18.9. The number of nitrogens with zero attached hydrogens (tertiary/aromatic N) is 2. The van der Waals surface area contributed by atoms with Crippen molar-refractivity contribution in [3.8, 4) is 17.0 Å². The monoisotopic (exact) mass is 466 g/mol. The van der Waals surface area contributed by atoms with E-state index in [-0.39, 0.29) is 6.61 Å². The van der Waals surface area contributed by atoms with Crippen LogP contribution in [0.5, 0.6) is 5.75 Å². The van der Waals surface area contributed by atoms with Crippen molar-refractivity contribution in [1.82, 2.24) is 5.16 Å². The Morgan fingerprint density at radius 3 is 2.73 bits per heavy atom. The maximum Gasteiger partial charge on any atom is 0.339 e. The first-order chi connectivity index (χ1) is 14.5. The maximum absolute atomic E-state index is 12.4. The second kappa shape index (κ2) is 8.67. The summed E-state index contributed by atoms with van der Waals surface area (Å²) in [7, 11) is 0. The lowest BCUT2D eigenvalue weighted by Crippen LogP contribution is -2.32. The predicted octanol–water partition coefficient (Wildman–Crippen LogP) is 5.34. The van der Waals surface area contributed by atoms with E-state index in [2.05, 4.69) is 26.1 Å². The van der Waals surface area contributed by atoms with Gasteiger partial charge in [-0.1, -0.05) is 57.5 Å². The molecule has 0 radical (unpaired) electrons. The molecule has 0 spiro atoms. The standard InChI is InChI=1S/C23H19BrN2O4/c1-23(29-19-8-3-2-4-9-19)11-10-17(14-25-23)22(27)28-15-20-13-21(26-30-20)16-6-5-7-18(24)12-16/h2-10,12-14H,11,15H2,1H3. The van der Waals surface area contributed by atoms with Gasteiger partial charge in [-0.2, -0.15) is 0 Å². The number of hydrogen-bond donors (Lipinski definition) is 0. The number of aliphatic imine (C=N–C) groups is 1. The number of carbonyl (C=O) groups excluding carboxylic acids is 1. The molecule has 1 aliphatic rings. The summed E-state index contributed by atoms with van der Waals surface area (Å²) in [5.41, 5.74) is 1.21. The first-order valence-corrected chi connectivity index (χ1v) is 10.2. The SMILES string of the molecule is CC1(Oc2ccccc2)CC=C(C(=O)OCc2cc(-c3cccc(Br)c3)no2)C=N1. The smallest absolute Gasteiger partial charge is 0.339 e. The molecule has 0 bridgehead atoms. The quantitative estimate of drug-likeness (QED) is 0.458. The molecule has 0 amide bonds. The van der Waals surface area contributed by atoms with Crippen molar-refractivity contribution in [2.45, 2.75) is 25.7 Å². The third-order valence-corrected chi connectivity index (χ3v) is 5.01. The second-order valence-corrected chi connectivity index (χ2v) is 7.89. The minimum Gasteiger partial charge on any atom is -0.466 e. The van der Waals surface area contributed by atoms with Crippen LogP contribution < -0.4 is 4.74 Å². The Morgan fingerprint density at radius 1 is 1.17 bits per heavy atom. The maximum atomic E-state index is 12.4. The van der Waals surface area contributed by atoms with Crippen LogP contribution >= 0.6 is 15.9 Å². The van der Waals surface area contributed by atoms with Gasteiger partial charge in [-0.05, 0) is 31.2 Å². The van der Waals surface area contributed by atoms with E-state index in [4.69, 9.17) is 14.0 Å². The topological polar surface area (TPSA) is 73.9 Å². The number of ether oxygens (including phenoxy) is 2. The summed E-state index contributed by atoms with van der Waals surface area (Å²) >= 11 is 3.43. The van der Waals surface area contributed by atoms with Gasteiger partial charge in [-0.25, -0.2) is 9.79 Å². The van der Waals surface area contributed by atoms with E-state index in [1.165, 1.54) is 6.21 Å². The number of para-hydroxylation sites is 1. The van der Waals surface area contributed by atoms with Crippen LogP contribution in [0, 0.1) is 0 Å². The molecule has 6 nitrogen and oxygen atoms in total. The number of esters is 1. The highest BCUT2D eigenvalue weighted by Gasteiger charge is 2.28. The molecule has 1 aromatic heterocycles. The largest absolute Gasteiger partial charge is 0.466 e.